The van der Waals surface area contributed by atoms with Crippen LogP contribution in [0.5, 0.6) is 0 Å². The van der Waals surface area contributed by atoms with Gasteiger partial charge in [0.05, 0.1) is 11.4 Å². The average molecular weight is 394 g/mol. The van der Waals surface area contributed by atoms with Crippen LogP contribution in [0.25, 0.3) is 0 Å². The molecule has 0 aromatic heterocycles. The minimum absolute atomic E-state index is 0.258. The minimum Gasteiger partial charge on any atom is -0.276 e. The maximum absolute atomic E-state index is 14.0. The molecule has 3 rings (SSSR count). The lowest BCUT2D eigenvalue weighted by molar-refractivity contribution is -0.131. The van der Waals surface area contributed by atoms with Crippen LogP contribution in [0.3, 0.4) is 0 Å². The van der Waals surface area contributed by atoms with E-state index in [4.69, 9.17) is 23.2 Å². The monoisotopic (exact) mass is 393 g/mol. The Kier molecular flexibility index (Phi) is 5.01. The highest BCUT2D eigenvalue weighted by molar-refractivity contribution is 6.35. The molecular weight excluding hydrogens is 384 g/mol. The molecule has 0 radical (unpaired) electrons. The Hall–Kier alpha value is -2.77. The number of carbonyl (C=O) groups excluding carboxylic acids is 3. The number of hydrogen-bond acceptors (Lipinski definition) is 4. The lowest BCUT2D eigenvalue weighted by atomic mass is 10.1. The van der Waals surface area contributed by atoms with Crippen LogP contribution < -0.4 is 10.2 Å². The van der Waals surface area contributed by atoms with Gasteiger partial charge in [-0.1, -0.05) is 35.3 Å². The van der Waals surface area contributed by atoms with E-state index in [1.54, 1.807) is 0 Å². The van der Waals surface area contributed by atoms with Gasteiger partial charge in [-0.05, 0) is 30.3 Å². The SMILES string of the molecule is O=C1NC(=O)N(c2ccccc2F)C(=O)[C@H]1C=Nc1cc(Cl)cc(Cl)c1. The van der Waals surface area contributed by atoms with E-state index in [2.05, 4.69) is 4.99 Å². The molecule has 1 saturated heterocycles. The zero-order chi connectivity index (χ0) is 18.8. The third kappa shape index (κ3) is 3.58. The average Bonchev–Trinajstić information content (AvgIpc) is 2.55. The number of urea groups is 1. The highest BCUT2D eigenvalue weighted by atomic mass is 35.5. The molecule has 0 unspecified atom stereocenters. The summed E-state index contributed by atoms with van der Waals surface area (Å²) in [6, 6.07) is 8.67. The molecule has 1 aliphatic heterocycles. The van der Waals surface area contributed by atoms with Gasteiger partial charge in [0.1, 0.15) is 5.82 Å². The minimum atomic E-state index is -1.41. The maximum atomic E-state index is 14.0. The molecule has 1 heterocycles. The van der Waals surface area contributed by atoms with Crippen LogP contribution in [-0.2, 0) is 9.59 Å². The molecule has 4 amide bonds. The summed E-state index contributed by atoms with van der Waals surface area (Å²) in [5.74, 6) is -3.96. The molecule has 1 atom stereocenters. The normalized spacial score (nSPS) is 17.7. The molecule has 6 nitrogen and oxygen atoms in total. The number of aliphatic imine (C=N–C) groups is 1. The number of imide groups is 2. The standard InChI is InChI=1S/C17H10Cl2FN3O3/c18-9-5-10(19)7-11(6-9)21-8-12-15(24)22-17(26)23(16(12)25)14-4-2-1-3-13(14)20/h1-8,12H,(H,22,24,26)/t12-/m0/s1. The van der Waals surface area contributed by atoms with Gasteiger partial charge in [-0.2, -0.15) is 0 Å². The van der Waals surface area contributed by atoms with Gasteiger partial charge in [0.2, 0.25) is 5.91 Å². The summed E-state index contributed by atoms with van der Waals surface area (Å²) in [6.07, 6.45) is 1.06. The van der Waals surface area contributed by atoms with E-state index in [-0.39, 0.29) is 5.69 Å². The van der Waals surface area contributed by atoms with Crippen LogP contribution in [0.1, 0.15) is 0 Å². The van der Waals surface area contributed by atoms with Crippen LogP contribution in [-0.4, -0.2) is 24.1 Å². The van der Waals surface area contributed by atoms with E-state index >= 15 is 0 Å². The van der Waals surface area contributed by atoms with Gasteiger partial charge in [0.25, 0.3) is 5.91 Å². The first-order valence-corrected chi connectivity index (χ1v) is 8.06. The van der Waals surface area contributed by atoms with Gasteiger partial charge in [-0.3, -0.25) is 19.9 Å². The number of rotatable bonds is 3. The van der Waals surface area contributed by atoms with Crippen LogP contribution in [0.2, 0.25) is 10.0 Å². The molecular formula is C17H10Cl2FN3O3. The van der Waals surface area contributed by atoms with Crippen molar-refractivity contribution in [1.29, 1.82) is 0 Å². The van der Waals surface area contributed by atoms with E-state index in [9.17, 15) is 18.8 Å². The molecule has 0 bridgehead atoms. The predicted octanol–water partition coefficient (Wildman–Crippen LogP) is 3.73. The Labute approximate surface area is 157 Å². The molecule has 0 spiro atoms. The molecule has 0 aliphatic carbocycles. The number of nitrogens with zero attached hydrogens (tertiary/aromatic N) is 2. The van der Waals surface area contributed by atoms with Crippen molar-refractivity contribution in [1.82, 2.24) is 5.32 Å². The Bertz CT molecular complexity index is 928. The number of amides is 4. The summed E-state index contributed by atoms with van der Waals surface area (Å²) in [4.78, 5) is 41.2. The lowest BCUT2D eigenvalue weighted by Gasteiger charge is -2.28. The van der Waals surface area contributed by atoms with Gasteiger partial charge in [0.15, 0.2) is 5.92 Å². The second-order valence-electron chi connectivity index (χ2n) is 5.30. The summed E-state index contributed by atoms with van der Waals surface area (Å²) in [5.41, 5.74) is 0.0594. The predicted molar refractivity (Wildman–Crippen MR) is 95.5 cm³/mol. The highest BCUT2D eigenvalue weighted by Crippen LogP contribution is 2.26. The fourth-order valence-corrected chi connectivity index (χ4v) is 2.87. The van der Waals surface area contributed by atoms with Gasteiger partial charge < -0.3 is 0 Å². The van der Waals surface area contributed by atoms with Crippen molar-refractivity contribution in [3.63, 3.8) is 0 Å². The van der Waals surface area contributed by atoms with Crippen molar-refractivity contribution in [2.75, 3.05) is 4.90 Å². The number of halogens is 3. The van der Waals surface area contributed by atoms with Crippen molar-refractivity contribution >= 4 is 58.6 Å². The Morgan fingerprint density at radius 2 is 1.73 bits per heavy atom. The Morgan fingerprint density at radius 3 is 2.38 bits per heavy atom. The second kappa shape index (κ2) is 7.23. The molecule has 9 heteroatoms. The number of hydrogen-bond donors (Lipinski definition) is 1. The largest absolute Gasteiger partial charge is 0.335 e. The summed E-state index contributed by atoms with van der Waals surface area (Å²) >= 11 is 11.7. The van der Waals surface area contributed by atoms with Gasteiger partial charge in [0, 0.05) is 16.3 Å². The third-order valence-electron chi connectivity index (χ3n) is 3.52. The quantitative estimate of drug-likeness (QED) is 0.637. The van der Waals surface area contributed by atoms with Crippen LogP contribution in [0, 0.1) is 11.7 Å². The third-order valence-corrected chi connectivity index (χ3v) is 3.95. The topological polar surface area (TPSA) is 78.8 Å². The summed E-state index contributed by atoms with van der Waals surface area (Å²) in [7, 11) is 0. The fourth-order valence-electron chi connectivity index (χ4n) is 2.36. The van der Waals surface area contributed by atoms with E-state index in [0.717, 1.165) is 12.3 Å². The fraction of sp³-hybridized carbons (Fsp3) is 0.0588. The van der Waals surface area contributed by atoms with Crippen LogP contribution in [0.15, 0.2) is 47.5 Å². The van der Waals surface area contributed by atoms with Gasteiger partial charge in [-0.15, -0.1) is 0 Å². The molecule has 0 saturated carbocycles. The summed E-state index contributed by atoms with van der Waals surface area (Å²) < 4.78 is 14.0. The second-order valence-corrected chi connectivity index (χ2v) is 6.18. The molecule has 132 valence electrons. The van der Waals surface area contributed by atoms with Gasteiger partial charge >= 0.3 is 6.03 Å². The molecule has 1 N–H and O–H groups in total. The highest BCUT2D eigenvalue weighted by Gasteiger charge is 2.41. The lowest BCUT2D eigenvalue weighted by Crippen LogP contribution is -2.58. The first kappa shape index (κ1) is 18.0. The zero-order valence-electron chi connectivity index (χ0n) is 12.9. The van der Waals surface area contributed by atoms with Crippen molar-refractivity contribution < 1.29 is 18.8 Å². The van der Waals surface area contributed by atoms with E-state index < -0.39 is 29.6 Å². The smallest absolute Gasteiger partial charge is 0.276 e. The van der Waals surface area contributed by atoms with E-state index in [0.29, 0.717) is 20.6 Å². The van der Waals surface area contributed by atoms with Crippen molar-refractivity contribution in [2.45, 2.75) is 0 Å². The Balaban J connectivity index is 1.93. The van der Waals surface area contributed by atoms with Crippen LogP contribution in [0.4, 0.5) is 20.6 Å². The number of barbiturate groups is 1. The molecule has 2 aromatic carbocycles. The maximum Gasteiger partial charge on any atom is 0.335 e. The van der Waals surface area contributed by atoms with E-state index in [1.807, 2.05) is 5.32 Å². The number of nitrogens with one attached hydrogen (secondary N) is 1. The van der Waals surface area contributed by atoms with Crippen molar-refractivity contribution in [3.8, 4) is 0 Å². The van der Waals surface area contributed by atoms with E-state index in [1.165, 1.54) is 36.4 Å². The van der Waals surface area contributed by atoms with Crippen molar-refractivity contribution in [2.24, 2.45) is 10.9 Å². The number of carbonyl (C=O) groups is 3. The molecule has 2 aromatic rings. The number of anilines is 1. The van der Waals surface area contributed by atoms with Gasteiger partial charge in [-0.25, -0.2) is 14.1 Å². The number of para-hydroxylation sites is 1. The number of benzene rings is 2. The summed E-state index contributed by atoms with van der Waals surface area (Å²) in [6.45, 7) is 0. The van der Waals surface area contributed by atoms with Crippen molar-refractivity contribution in [3.05, 3.63) is 58.3 Å². The summed E-state index contributed by atoms with van der Waals surface area (Å²) in [5, 5.41) is 2.66. The first-order chi connectivity index (χ1) is 12.4. The zero-order valence-corrected chi connectivity index (χ0v) is 14.5. The van der Waals surface area contributed by atoms with Crippen LogP contribution >= 0.6 is 23.2 Å². The molecule has 26 heavy (non-hydrogen) atoms. The molecule has 1 fully saturated rings. The molecule has 1 aliphatic rings. The Morgan fingerprint density at radius 1 is 1.08 bits per heavy atom. The first-order valence-electron chi connectivity index (χ1n) is 7.30.